The Morgan fingerprint density at radius 1 is 1.13 bits per heavy atom. The maximum atomic E-state index is 12.6. The molecule has 7 nitrogen and oxygen atoms in total. The highest BCUT2D eigenvalue weighted by Gasteiger charge is 2.19. The zero-order valence-electron chi connectivity index (χ0n) is 18.7. The van der Waals surface area contributed by atoms with Crippen molar-refractivity contribution in [1.82, 2.24) is 15.2 Å². The first kappa shape index (κ1) is 22.0. The van der Waals surface area contributed by atoms with Crippen LogP contribution in [0.5, 0.6) is 11.5 Å². The van der Waals surface area contributed by atoms with E-state index in [0.29, 0.717) is 12.3 Å². The van der Waals surface area contributed by atoms with Crippen molar-refractivity contribution in [3.8, 4) is 11.5 Å². The second kappa shape index (κ2) is 10.4. The summed E-state index contributed by atoms with van der Waals surface area (Å²) < 4.78 is 17.8. The lowest BCUT2D eigenvalue weighted by Crippen LogP contribution is -2.44. The van der Waals surface area contributed by atoms with Gasteiger partial charge in [0.25, 0.3) is 0 Å². The van der Waals surface area contributed by atoms with Crippen molar-refractivity contribution in [3.63, 3.8) is 0 Å². The number of nitrogens with zero attached hydrogens (tertiary/aromatic N) is 1. The van der Waals surface area contributed by atoms with Gasteiger partial charge in [-0.15, -0.1) is 0 Å². The van der Waals surface area contributed by atoms with E-state index >= 15 is 0 Å². The van der Waals surface area contributed by atoms with Crippen molar-refractivity contribution in [2.45, 2.75) is 58.2 Å². The number of fused-ring (bicyclic) bond motifs is 1. The Hall–Kier alpha value is -2.25. The highest BCUT2D eigenvalue weighted by Crippen LogP contribution is 2.34. The van der Waals surface area contributed by atoms with Crippen LogP contribution in [0.4, 0.5) is 0 Å². The van der Waals surface area contributed by atoms with Crippen LogP contribution in [-0.2, 0) is 4.74 Å². The fourth-order valence-electron chi connectivity index (χ4n) is 4.36. The standard InChI is InChI=1S/C24H35N3O4/c1-17(2)30-23-15-19(31-18-6-4-3-5-7-18)14-21-20(23)16-22(26-21)24(28)29-13-12-27-10-8-25-9-11-27/h14-18,25-26H,3-13H2,1-2H3. The van der Waals surface area contributed by atoms with E-state index in [4.69, 9.17) is 14.2 Å². The Kier molecular flexibility index (Phi) is 7.35. The molecule has 0 atom stereocenters. The fraction of sp³-hybridized carbons (Fsp3) is 0.625. The van der Waals surface area contributed by atoms with Crippen LogP contribution in [0.3, 0.4) is 0 Å². The monoisotopic (exact) mass is 429 g/mol. The molecule has 1 aliphatic carbocycles. The number of piperazine rings is 1. The number of esters is 1. The van der Waals surface area contributed by atoms with E-state index in [1.807, 2.05) is 32.0 Å². The van der Waals surface area contributed by atoms with E-state index in [9.17, 15) is 4.79 Å². The average Bonchev–Trinajstić information content (AvgIpc) is 3.19. The molecule has 1 saturated carbocycles. The summed E-state index contributed by atoms with van der Waals surface area (Å²) in [6, 6.07) is 5.74. The van der Waals surface area contributed by atoms with Gasteiger partial charge in [-0.05, 0) is 45.6 Å². The van der Waals surface area contributed by atoms with Gasteiger partial charge < -0.3 is 24.5 Å². The lowest BCUT2D eigenvalue weighted by atomic mass is 9.98. The molecule has 0 bridgehead atoms. The van der Waals surface area contributed by atoms with Gasteiger partial charge in [-0.3, -0.25) is 4.90 Å². The van der Waals surface area contributed by atoms with Crippen LogP contribution in [0.1, 0.15) is 56.4 Å². The summed E-state index contributed by atoms with van der Waals surface area (Å²) in [6.45, 7) is 9.10. The third kappa shape index (κ3) is 5.92. The Morgan fingerprint density at radius 2 is 1.90 bits per heavy atom. The summed E-state index contributed by atoms with van der Waals surface area (Å²) in [6.07, 6.45) is 6.18. The highest BCUT2D eigenvalue weighted by atomic mass is 16.5. The molecule has 2 fully saturated rings. The quantitative estimate of drug-likeness (QED) is 0.623. The molecule has 1 aromatic carbocycles. The average molecular weight is 430 g/mol. The van der Waals surface area contributed by atoms with Gasteiger partial charge in [0.05, 0.1) is 17.7 Å². The predicted octanol–water partition coefficient (Wildman–Crippen LogP) is 3.73. The molecule has 170 valence electrons. The van der Waals surface area contributed by atoms with E-state index in [-0.39, 0.29) is 18.2 Å². The zero-order chi connectivity index (χ0) is 21.6. The maximum Gasteiger partial charge on any atom is 0.354 e. The SMILES string of the molecule is CC(C)Oc1cc(OC2CCCCC2)cc2[nH]c(C(=O)OCCN3CCNCC3)cc12. The molecule has 2 N–H and O–H groups in total. The fourth-order valence-corrected chi connectivity index (χ4v) is 4.36. The third-order valence-corrected chi connectivity index (χ3v) is 5.96. The molecule has 0 unspecified atom stereocenters. The Bertz CT molecular complexity index is 867. The zero-order valence-corrected chi connectivity index (χ0v) is 18.7. The van der Waals surface area contributed by atoms with Crippen molar-refractivity contribution in [1.29, 1.82) is 0 Å². The van der Waals surface area contributed by atoms with Gasteiger partial charge in [0.15, 0.2) is 0 Å². The second-order valence-corrected chi connectivity index (χ2v) is 8.84. The predicted molar refractivity (Wildman–Crippen MR) is 121 cm³/mol. The van der Waals surface area contributed by atoms with Crippen LogP contribution >= 0.6 is 0 Å². The molecule has 1 aliphatic heterocycles. The first-order valence-corrected chi connectivity index (χ1v) is 11.7. The van der Waals surface area contributed by atoms with Crippen LogP contribution in [0, 0.1) is 0 Å². The van der Waals surface area contributed by atoms with Gasteiger partial charge in [0, 0.05) is 50.2 Å². The molecule has 1 aromatic heterocycles. The van der Waals surface area contributed by atoms with E-state index in [1.165, 1.54) is 19.3 Å². The molecule has 0 spiro atoms. The number of nitrogens with one attached hydrogen (secondary N) is 2. The molecular weight excluding hydrogens is 394 g/mol. The normalized spacial score (nSPS) is 18.4. The molecule has 31 heavy (non-hydrogen) atoms. The van der Waals surface area contributed by atoms with Gasteiger partial charge in [0.2, 0.25) is 0 Å². The lowest BCUT2D eigenvalue weighted by molar-refractivity contribution is 0.0450. The van der Waals surface area contributed by atoms with Crippen LogP contribution in [0.25, 0.3) is 10.9 Å². The summed E-state index contributed by atoms with van der Waals surface area (Å²) in [5, 5.41) is 4.20. The molecule has 7 heteroatoms. The number of benzene rings is 1. The summed E-state index contributed by atoms with van der Waals surface area (Å²) >= 11 is 0. The number of carbonyl (C=O) groups is 1. The minimum absolute atomic E-state index is 0.0254. The first-order valence-electron chi connectivity index (χ1n) is 11.7. The first-order chi connectivity index (χ1) is 15.1. The minimum Gasteiger partial charge on any atom is -0.490 e. The number of aromatic nitrogens is 1. The summed E-state index contributed by atoms with van der Waals surface area (Å²) in [4.78, 5) is 18.2. The van der Waals surface area contributed by atoms with Crippen LogP contribution in [0.2, 0.25) is 0 Å². The molecule has 2 aromatic rings. The number of rotatable bonds is 8. The van der Waals surface area contributed by atoms with E-state index in [0.717, 1.165) is 68.0 Å². The summed E-state index contributed by atoms with van der Waals surface area (Å²) in [5.41, 5.74) is 1.27. The minimum atomic E-state index is -0.336. The number of H-pyrrole nitrogens is 1. The van der Waals surface area contributed by atoms with Crippen molar-refractivity contribution in [2.75, 3.05) is 39.3 Å². The molecule has 2 aliphatic rings. The largest absolute Gasteiger partial charge is 0.490 e. The van der Waals surface area contributed by atoms with Crippen molar-refractivity contribution in [3.05, 3.63) is 23.9 Å². The van der Waals surface area contributed by atoms with E-state index in [1.54, 1.807) is 0 Å². The lowest BCUT2D eigenvalue weighted by Gasteiger charge is -2.26. The molecule has 0 amide bonds. The Balaban J connectivity index is 1.46. The number of hydrogen-bond acceptors (Lipinski definition) is 6. The maximum absolute atomic E-state index is 12.6. The van der Waals surface area contributed by atoms with Gasteiger partial charge >= 0.3 is 5.97 Å². The van der Waals surface area contributed by atoms with E-state index < -0.39 is 0 Å². The van der Waals surface area contributed by atoms with Crippen LogP contribution in [-0.4, -0.2) is 67.4 Å². The van der Waals surface area contributed by atoms with Crippen molar-refractivity contribution >= 4 is 16.9 Å². The number of carbonyl (C=O) groups excluding carboxylic acids is 1. The molecular formula is C24H35N3O4. The smallest absolute Gasteiger partial charge is 0.354 e. The summed E-state index contributed by atoms with van der Waals surface area (Å²) in [7, 11) is 0. The Labute approximate surface area is 184 Å². The highest BCUT2D eigenvalue weighted by molar-refractivity contribution is 5.97. The molecule has 0 radical (unpaired) electrons. The van der Waals surface area contributed by atoms with E-state index in [2.05, 4.69) is 15.2 Å². The van der Waals surface area contributed by atoms with Crippen molar-refractivity contribution < 1.29 is 19.0 Å². The summed E-state index contributed by atoms with van der Waals surface area (Å²) in [5.74, 6) is 1.18. The van der Waals surface area contributed by atoms with Crippen molar-refractivity contribution in [2.24, 2.45) is 0 Å². The number of ether oxygens (including phenoxy) is 3. The van der Waals surface area contributed by atoms with Gasteiger partial charge in [-0.2, -0.15) is 0 Å². The van der Waals surface area contributed by atoms with Gasteiger partial charge in [-0.1, -0.05) is 6.42 Å². The van der Waals surface area contributed by atoms with Gasteiger partial charge in [0.1, 0.15) is 23.8 Å². The number of hydrogen-bond donors (Lipinski definition) is 2. The number of aromatic amines is 1. The second-order valence-electron chi connectivity index (χ2n) is 8.84. The van der Waals surface area contributed by atoms with Gasteiger partial charge in [-0.25, -0.2) is 4.79 Å². The molecule has 4 rings (SSSR count). The topological polar surface area (TPSA) is 75.8 Å². The van der Waals surface area contributed by atoms with Crippen LogP contribution < -0.4 is 14.8 Å². The molecule has 2 heterocycles. The third-order valence-electron chi connectivity index (χ3n) is 5.96. The molecule has 1 saturated heterocycles. The van der Waals surface area contributed by atoms with Crippen LogP contribution in [0.15, 0.2) is 18.2 Å². The Morgan fingerprint density at radius 3 is 2.65 bits per heavy atom.